The molecule has 1 aliphatic carbocycles. The van der Waals surface area contributed by atoms with E-state index < -0.39 is 0 Å². The smallest absolute Gasteiger partial charge is 0.269 e. The second-order valence-electron chi connectivity index (χ2n) is 5.63. The maximum Gasteiger partial charge on any atom is 0.269 e. The Morgan fingerprint density at radius 1 is 1.47 bits per heavy atom. The maximum absolute atomic E-state index is 10.9. The molecule has 0 heterocycles. The van der Waals surface area contributed by atoms with Gasteiger partial charge in [0.2, 0.25) is 0 Å². The van der Waals surface area contributed by atoms with Crippen molar-refractivity contribution in [2.75, 3.05) is 0 Å². The minimum Gasteiger partial charge on any atom is -0.307 e. The highest BCUT2D eigenvalue weighted by Gasteiger charge is 2.27. The van der Waals surface area contributed by atoms with Crippen molar-refractivity contribution in [3.8, 4) is 0 Å². The second-order valence-corrected chi connectivity index (χ2v) is 5.63. The summed E-state index contributed by atoms with van der Waals surface area (Å²) in [5.41, 5.74) is 1.22. The van der Waals surface area contributed by atoms with Crippen LogP contribution >= 0.6 is 0 Å². The summed E-state index contributed by atoms with van der Waals surface area (Å²) in [5.74, 6) is 0.810. The van der Waals surface area contributed by atoms with E-state index in [2.05, 4.69) is 19.2 Å². The molecule has 0 saturated heterocycles. The van der Waals surface area contributed by atoms with Gasteiger partial charge in [0.05, 0.1) is 4.92 Å². The number of non-ortho nitro benzene ring substituents is 1. The van der Waals surface area contributed by atoms with E-state index in [0.717, 1.165) is 24.3 Å². The molecular weight excluding hydrogens is 240 g/mol. The average Bonchev–Trinajstić information content (AvgIpc) is 2.36. The van der Waals surface area contributed by atoms with Crippen LogP contribution in [0.15, 0.2) is 24.3 Å². The molecule has 0 aliphatic heterocycles. The summed E-state index contributed by atoms with van der Waals surface area (Å²) in [7, 11) is 0. The highest BCUT2D eigenvalue weighted by Crippen LogP contribution is 2.31. The van der Waals surface area contributed by atoms with Crippen molar-refractivity contribution in [2.45, 2.75) is 51.6 Å². The molecule has 0 spiro atoms. The number of rotatable bonds is 6. The first-order valence-corrected chi connectivity index (χ1v) is 7.10. The largest absolute Gasteiger partial charge is 0.307 e. The van der Waals surface area contributed by atoms with Crippen molar-refractivity contribution in [2.24, 2.45) is 5.92 Å². The first-order valence-electron chi connectivity index (χ1n) is 7.10. The number of nitrogens with zero attached hydrogens (tertiary/aromatic N) is 1. The molecule has 0 bridgehead atoms. The number of hydrogen-bond donors (Lipinski definition) is 1. The Bertz CT molecular complexity index is 442. The summed E-state index contributed by atoms with van der Waals surface area (Å²) >= 11 is 0. The van der Waals surface area contributed by atoms with E-state index in [1.165, 1.54) is 12.8 Å². The van der Waals surface area contributed by atoms with Crippen LogP contribution in [0.5, 0.6) is 0 Å². The van der Waals surface area contributed by atoms with Crippen molar-refractivity contribution in [3.63, 3.8) is 0 Å². The lowest BCUT2D eigenvalue weighted by Crippen LogP contribution is -2.42. The van der Waals surface area contributed by atoms with Crippen LogP contribution < -0.4 is 5.32 Å². The fraction of sp³-hybridized carbons (Fsp3) is 0.600. The Labute approximate surface area is 114 Å². The lowest BCUT2D eigenvalue weighted by atomic mass is 9.81. The molecule has 19 heavy (non-hydrogen) atoms. The predicted molar refractivity (Wildman–Crippen MR) is 76.1 cm³/mol. The second kappa shape index (κ2) is 6.15. The number of nitrogens with one attached hydrogen (secondary N) is 1. The Hall–Kier alpha value is -1.42. The van der Waals surface area contributed by atoms with E-state index in [1.807, 2.05) is 6.07 Å². The van der Waals surface area contributed by atoms with Crippen LogP contribution in [0.4, 0.5) is 5.69 Å². The number of nitro benzene ring substituents is 1. The fourth-order valence-corrected chi connectivity index (χ4v) is 2.81. The Kier molecular flexibility index (Phi) is 4.53. The monoisotopic (exact) mass is 262 g/mol. The molecular formula is C15H22N2O2. The van der Waals surface area contributed by atoms with Crippen molar-refractivity contribution in [1.29, 1.82) is 0 Å². The van der Waals surface area contributed by atoms with Crippen molar-refractivity contribution >= 4 is 5.69 Å². The molecule has 2 rings (SSSR count). The molecule has 4 heteroatoms. The van der Waals surface area contributed by atoms with E-state index in [1.54, 1.807) is 18.2 Å². The molecule has 1 atom stereocenters. The van der Waals surface area contributed by atoms with Crippen LogP contribution in [-0.4, -0.2) is 11.0 Å². The molecule has 1 aromatic rings. The van der Waals surface area contributed by atoms with Crippen LogP contribution in [0.25, 0.3) is 0 Å². The molecule has 1 saturated carbocycles. The number of benzene rings is 1. The van der Waals surface area contributed by atoms with E-state index in [4.69, 9.17) is 0 Å². The van der Waals surface area contributed by atoms with Crippen LogP contribution in [0.1, 0.15) is 51.1 Å². The van der Waals surface area contributed by atoms with Crippen LogP contribution in [-0.2, 0) is 0 Å². The van der Waals surface area contributed by atoms with Gasteiger partial charge in [0.15, 0.2) is 0 Å². The van der Waals surface area contributed by atoms with Gasteiger partial charge in [0.1, 0.15) is 0 Å². The van der Waals surface area contributed by atoms with E-state index >= 15 is 0 Å². The highest BCUT2D eigenvalue weighted by molar-refractivity contribution is 5.35. The average molecular weight is 262 g/mol. The lowest BCUT2D eigenvalue weighted by Gasteiger charge is -2.36. The predicted octanol–water partition coefficient (Wildman–Crippen LogP) is 3.82. The topological polar surface area (TPSA) is 55.2 Å². The first-order chi connectivity index (χ1) is 9.10. The summed E-state index contributed by atoms with van der Waals surface area (Å²) in [6, 6.07) is 7.84. The van der Waals surface area contributed by atoms with Gasteiger partial charge in [-0.2, -0.15) is 0 Å². The standard InChI is InChI=1S/C15H22N2O2/c1-3-5-15(16-13-8-11(2)9-13)12-6-4-7-14(10-12)17(18)19/h4,6-7,10-11,13,15-16H,3,5,8-9H2,1-2H3. The zero-order valence-electron chi connectivity index (χ0n) is 11.6. The molecule has 0 radical (unpaired) electrons. The van der Waals surface area contributed by atoms with Crippen molar-refractivity contribution in [3.05, 3.63) is 39.9 Å². The Morgan fingerprint density at radius 3 is 2.79 bits per heavy atom. The molecule has 0 amide bonds. The van der Waals surface area contributed by atoms with Gasteiger partial charge in [-0.1, -0.05) is 32.4 Å². The quantitative estimate of drug-likeness (QED) is 0.626. The molecule has 1 N–H and O–H groups in total. The van der Waals surface area contributed by atoms with Gasteiger partial charge in [-0.25, -0.2) is 0 Å². The fourth-order valence-electron chi connectivity index (χ4n) is 2.81. The lowest BCUT2D eigenvalue weighted by molar-refractivity contribution is -0.384. The summed E-state index contributed by atoms with van der Waals surface area (Å²) < 4.78 is 0. The molecule has 1 unspecified atom stereocenters. The van der Waals surface area contributed by atoms with Crippen LogP contribution in [0, 0.1) is 16.0 Å². The van der Waals surface area contributed by atoms with Gasteiger partial charge in [-0.15, -0.1) is 0 Å². The van der Waals surface area contributed by atoms with E-state index in [-0.39, 0.29) is 16.7 Å². The molecule has 104 valence electrons. The van der Waals surface area contributed by atoms with Gasteiger partial charge >= 0.3 is 0 Å². The highest BCUT2D eigenvalue weighted by atomic mass is 16.6. The van der Waals surface area contributed by atoms with Gasteiger partial charge in [0.25, 0.3) is 5.69 Å². The van der Waals surface area contributed by atoms with Gasteiger partial charge in [0, 0.05) is 24.2 Å². The normalized spacial score (nSPS) is 23.7. The van der Waals surface area contributed by atoms with Crippen molar-refractivity contribution in [1.82, 2.24) is 5.32 Å². The van der Waals surface area contributed by atoms with Gasteiger partial charge < -0.3 is 5.32 Å². The summed E-state index contributed by atoms with van der Waals surface area (Å²) in [5, 5.41) is 14.5. The zero-order valence-corrected chi connectivity index (χ0v) is 11.6. The van der Waals surface area contributed by atoms with Gasteiger partial charge in [-0.3, -0.25) is 10.1 Å². The number of nitro groups is 1. The van der Waals surface area contributed by atoms with E-state index in [9.17, 15) is 10.1 Å². The molecule has 0 aromatic heterocycles. The summed E-state index contributed by atoms with van der Waals surface area (Å²) in [6.45, 7) is 4.41. The van der Waals surface area contributed by atoms with Crippen molar-refractivity contribution < 1.29 is 4.92 Å². The summed E-state index contributed by atoms with van der Waals surface area (Å²) in [6.07, 6.45) is 4.53. The minimum atomic E-state index is -0.322. The SMILES string of the molecule is CCCC(NC1CC(C)C1)c1cccc([N+](=O)[O-])c1. The third-order valence-electron chi connectivity index (χ3n) is 3.87. The molecule has 1 aliphatic rings. The zero-order chi connectivity index (χ0) is 13.8. The van der Waals surface area contributed by atoms with E-state index in [0.29, 0.717) is 6.04 Å². The Morgan fingerprint density at radius 2 is 2.21 bits per heavy atom. The minimum absolute atomic E-state index is 0.183. The Balaban J connectivity index is 2.09. The third kappa shape index (κ3) is 3.53. The maximum atomic E-state index is 10.9. The third-order valence-corrected chi connectivity index (χ3v) is 3.87. The summed E-state index contributed by atoms with van der Waals surface area (Å²) in [4.78, 5) is 10.5. The number of hydrogen-bond acceptors (Lipinski definition) is 3. The first kappa shape index (κ1) is 14.0. The van der Waals surface area contributed by atoms with Crippen LogP contribution in [0.2, 0.25) is 0 Å². The molecule has 1 fully saturated rings. The molecule has 4 nitrogen and oxygen atoms in total. The molecule has 1 aromatic carbocycles. The van der Waals surface area contributed by atoms with Crippen LogP contribution in [0.3, 0.4) is 0 Å². The van der Waals surface area contributed by atoms with Gasteiger partial charge in [-0.05, 0) is 30.7 Å².